The number of benzene rings is 1. The van der Waals surface area contributed by atoms with Gasteiger partial charge in [-0.1, -0.05) is 22.0 Å². The zero-order valence-corrected chi connectivity index (χ0v) is 10.9. The SMILES string of the molecule is Brc1cccc2c1C(N1CCCC1)CCO2. The van der Waals surface area contributed by atoms with Gasteiger partial charge in [-0.05, 0) is 38.1 Å². The summed E-state index contributed by atoms with van der Waals surface area (Å²) in [4.78, 5) is 2.60. The van der Waals surface area contributed by atoms with Gasteiger partial charge in [-0.3, -0.25) is 4.90 Å². The lowest BCUT2D eigenvalue weighted by Gasteiger charge is -2.33. The first-order valence-electron chi connectivity index (χ1n) is 6.01. The summed E-state index contributed by atoms with van der Waals surface area (Å²) in [6.07, 6.45) is 3.81. The lowest BCUT2D eigenvalue weighted by atomic mass is 9.99. The Hall–Kier alpha value is -0.540. The Morgan fingerprint density at radius 1 is 1.25 bits per heavy atom. The van der Waals surface area contributed by atoms with Crippen LogP contribution in [-0.4, -0.2) is 24.6 Å². The highest BCUT2D eigenvalue weighted by atomic mass is 79.9. The normalized spacial score (nSPS) is 25.2. The van der Waals surface area contributed by atoms with Gasteiger partial charge in [0, 0.05) is 22.5 Å². The molecule has 1 atom stereocenters. The van der Waals surface area contributed by atoms with Crippen LogP contribution in [0, 0.1) is 0 Å². The molecule has 3 heteroatoms. The first-order valence-corrected chi connectivity index (χ1v) is 6.81. The summed E-state index contributed by atoms with van der Waals surface area (Å²) in [6.45, 7) is 3.33. The van der Waals surface area contributed by atoms with E-state index >= 15 is 0 Å². The van der Waals surface area contributed by atoms with Crippen molar-refractivity contribution in [1.29, 1.82) is 0 Å². The zero-order chi connectivity index (χ0) is 11.0. The van der Waals surface area contributed by atoms with Crippen molar-refractivity contribution in [2.45, 2.75) is 25.3 Å². The van der Waals surface area contributed by atoms with Crippen LogP contribution < -0.4 is 4.74 Å². The molecule has 0 radical (unpaired) electrons. The van der Waals surface area contributed by atoms with Gasteiger partial charge < -0.3 is 4.74 Å². The predicted octanol–water partition coefficient (Wildman–Crippen LogP) is 3.37. The van der Waals surface area contributed by atoms with Crippen LogP contribution in [0.25, 0.3) is 0 Å². The molecule has 1 fully saturated rings. The first-order chi connectivity index (χ1) is 7.86. The Kier molecular flexibility index (Phi) is 2.90. The van der Waals surface area contributed by atoms with Gasteiger partial charge >= 0.3 is 0 Å². The van der Waals surface area contributed by atoms with Gasteiger partial charge in [0.2, 0.25) is 0 Å². The summed E-state index contributed by atoms with van der Waals surface area (Å²) in [6, 6.07) is 6.82. The van der Waals surface area contributed by atoms with Gasteiger partial charge in [0.05, 0.1) is 6.61 Å². The fourth-order valence-corrected chi connectivity index (χ4v) is 3.42. The number of ether oxygens (including phenoxy) is 1. The quantitative estimate of drug-likeness (QED) is 0.783. The minimum Gasteiger partial charge on any atom is -0.493 e. The van der Waals surface area contributed by atoms with Crippen molar-refractivity contribution in [3.05, 3.63) is 28.2 Å². The van der Waals surface area contributed by atoms with Crippen LogP contribution in [0.4, 0.5) is 0 Å². The number of fused-ring (bicyclic) bond motifs is 1. The fraction of sp³-hybridized carbons (Fsp3) is 0.538. The highest BCUT2D eigenvalue weighted by Crippen LogP contribution is 2.41. The van der Waals surface area contributed by atoms with Crippen molar-refractivity contribution < 1.29 is 4.74 Å². The standard InChI is InChI=1S/C13H16BrNO/c14-10-4-3-5-12-13(10)11(6-9-16-12)15-7-1-2-8-15/h3-5,11H,1-2,6-9H2. The van der Waals surface area contributed by atoms with Gasteiger partial charge in [-0.15, -0.1) is 0 Å². The molecule has 0 spiro atoms. The van der Waals surface area contributed by atoms with Gasteiger partial charge in [0.25, 0.3) is 0 Å². The Labute approximate surface area is 105 Å². The Morgan fingerprint density at radius 2 is 2.06 bits per heavy atom. The van der Waals surface area contributed by atoms with Crippen LogP contribution >= 0.6 is 15.9 Å². The molecule has 2 nitrogen and oxygen atoms in total. The monoisotopic (exact) mass is 281 g/mol. The molecule has 3 rings (SSSR count). The van der Waals surface area contributed by atoms with E-state index < -0.39 is 0 Å². The molecule has 2 heterocycles. The highest BCUT2D eigenvalue weighted by Gasteiger charge is 2.30. The summed E-state index contributed by atoms with van der Waals surface area (Å²) < 4.78 is 6.93. The smallest absolute Gasteiger partial charge is 0.125 e. The molecule has 1 unspecified atom stereocenters. The summed E-state index contributed by atoms with van der Waals surface area (Å²) >= 11 is 3.66. The second-order valence-corrected chi connectivity index (χ2v) is 5.40. The maximum Gasteiger partial charge on any atom is 0.125 e. The lowest BCUT2D eigenvalue weighted by Crippen LogP contribution is -2.30. The summed E-state index contributed by atoms with van der Waals surface area (Å²) in [5.74, 6) is 1.07. The molecule has 1 aromatic rings. The molecular formula is C13H16BrNO. The maximum absolute atomic E-state index is 5.74. The number of hydrogen-bond acceptors (Lipinski definition) is 2. The molecule has 0 aromatic heterocycles. The molecule has 0 amide bonds. The molecule has 1 aromatic carbocycles. The molecule has 86 valence electrons. The third-order valence-electron chi connectivity index (χ3n) is 3.58. The minimum atomic E-state index is 0.557. The molecule has 0 saturated carbocycles. The topological polar surface area (TPSA) is 12.5 Å². The molecule has 2 aliphatic heterocycles. The van der Waals surface area contributed by atoms with E-state index in [4.69, 9.17) is 4.74 Å². The van der Waals surface area contributed by atoms with E-state index in [0.29, 0.717) is 6.04 Å². The van der Waals surface area contributed by atoms with Crippen molar-refractivity contribution >= 4 is 15.9 Å². The second-order valence-electron chi connectivity index (χ2n) is 4.55. The van der Waals surface area contributed by atoms with E-state index in [2.05, 4.69) is 39.0 Å². The van der Waals surface area contributed by atoms with Crippen LogP contribution in [-0.2, 0) is 0 Å². The van der Waals surface area contributed by atoms with Gasteiger partial charge in [-0.2, -0.15) is 0 Å². The first kappa shape index (κ1) is 10.6. The Balaban J connectivity index is 1.98. The van der Waals surface area contributed by atoms with Crippen LogP contribution in [0.2, 0.25) is 0 Å². The molecule has 0 aliphatic carbocycles. The number of nitrogens with zero attached hydrogens (tertiary/aromatic N) is 1. The largest absolute Gasteiger partial charge is 0.493 e. The highest BCUT2D eigenvalue weighted by molar-refractivity contribution is 9.10. The van der Waals surface area contributed by atoms with Crippen molar-refractivity contribution in [2.75, 3.05) is 19.7 Å². The molecule has 1 saturated heterocycles. The number of rotatable bonds is 1. The fourth-order valence-electron chi connectivity index (χ4n) is 2.81. The molecular weight excluding hydrogens is 266 g/mol. The van der Waals surface area contributed by atoms with E-state index in [1.54, 1.807) is 0 Å². The van der Waals surface area contributed by atoms with Gasteiger partial charge in [-0.25, -0.2) is 0 Å². The van der Waals surface area contributed by atoms with Gasteiger partial charge in [0.1, 0.15) is 5.75 Å². The Bertz CT molecular complexity index is 388. The van der Waals surface area contributed by atoms with E-state index in [1.165, 1.54) is 36.0 Å². The molecule has 0 N–H and O–H groups in total. The minimum absolute atomic E-state index is 0.557. The zero-order valence-electron chi connectivity index (χ0n) is 9.29. The third-order valence-corrected chi connectivity index (χ3v) is 4.27. The van der Waals surface area contributed by atoms with Crippen LogP contribution in [0.3, 0.4) is 0 Å². The summed E-state index contributed by atoms with van der Waals surface area (Å²) in [5, 5.41) is 0. The average Bonchev–Trinajstić information content (AvgIpc) is 2.82. The predicted molar refractivity (Wildman–Crippen MR) is 67.8 cm³/mol. The number of halogens is 1. The second kappa shape index (κ2) is 4.38. The molecule has 0 bridgehead atoms. The van der Waals surface area contributed by atoms with Crippen molar-refractivity contribution in [1.82, 2.24) is 4.90 Å². The lowest BCUT2D eigenvalue weighted by molar-refractivity contribution is 0.165. The summed E-state index contributed by atoms with van der Waals surface area (Å²) in [5.41, 5.74) is 1.36. The number of likely N-dealkylation sites (tertiary alicyclic amines) is 1. The van der Waals surface area contributed by atoms with E-state index in [9.17, 15) is 0 Å². The van der Waals surface area contributed by atoms with Gasteiger partial charge in [0.15, 0.2) is 0 Å². The van der Waals surface area contributed by atoms with E-state index in [-0.39, 0.29) is 0 Å². The van der Waals surface area contributed by atoms with Crippen molar-refractivity contribution in [3.63, 3.8) is 0 Å². The molecule has 16 heavy (non-hydrogen) atoms. The van der Waals surface area contributed by atoms with Crippen LogP contribution in [0.15, 0.2) is 22.7 Å². The average molecular weight is 282 g/mol. The van der Waals surface area contributed by atoms with Crippen molar-refractivity contribution in [3.8, 4) is 5.75 Å². The molecule has 2 aliphatic rings. The van der Waals surface area contributed by atoms with E-state index in [1.807, 2.05) is 0 Å². The van der Waals surface area contributed by atoms with Crippen molar-refractivity contribution in [2.24, 2.45) is 0 Å². The third kappa shape index (κ3) is 1.76. The van der Waals surface area contributed by atoms with Crippen LogP contribution in [0.1, 0.15) is 30.9 Å². The Morgan fingerprint density at radius 3 is 2.88 bits per heavy atom. The van der Waals surface area contributed by atoms with E-state index in [0.717, 1.165) is 18.8 Å². The number of hydrogen-bond donors (Lipinski definition) is 0. The maximum atomic E-state index is 5.74. The summed E-state index contributed by atoms with van der Waals surface area (Å²) in [7, 11) is 0. The van der Waals surface area contributed by atoms with Crippen LogP contribution in [0.5, 0.6) is 5.75 Å².